The Morgan fingerprint density at radius 2 is 2.15 bits per heavy atom. The van der Waals surface area contributed by atoms with Crippen LogP contribution in [0.5, 0.6) is 0 Å². The lowest BCUT2D eigenvalue weighted by Crippen LogP contribution is -2.23. The van der Waals surface area contributed by atoms with Gasteiger partial charge in [0.15, 0.2) is 0 Å². The summed E-state index contributed by atoms with van der Waals surface area (Å²) < 4.78 is 0. The average molecular weight is 201 g/mol. The van der Waals surface area contributed by atoms with E-state index in [0.717, 1.165) is 23.8 Å². The molecule has 0 aliphatic carbocycles. The molecule has 0 fully saturated rings. The molecule has 1 nitrogen and oxygen atoms in total. The first-order chi connectivity index (χ1) is 6.06. The zero-order valence-corrected chi connectivity index (χ0v) is 9.99. The maximum Gasteiger partial charge on any atom is 0.0133 e. The SMILES string of the molecule is C=C(C)CCC(N)CSC(C)CC. The van der Waals surface area contributed by atoms with Crippen molar-refractivity contribution < 1.29 is 0 Å². The van der Waals surface area contributed by atoms with E-state index < -0.39 is 0 Å². The van der Waals surface area contributed by atoms with Crippen LogP contribution in [0, 0.1) is 0 Å². The van der Waals surface area contributed by atoms with E-state index in [2.05, 4.69) is 27.4 Å². The highest BCUT2D eigenvalue weighted by atomic mass is 32.2. The third kappa shape index (κ3) is 8.38. The predicted octanol–water partition coefficient (Wildman–Crippen LogP) is 3.20. The van der Waals surface area contributed by atoms with Crippen LogP contribution in [0.25, 0.3) is 0 Å². The van der Waals surface area contributed by atoms with Crippen molar-refractivity contribution in [1.82, 2.24) is 0 Å². The van der Waals surface area contributed by atoms with Crippen LogP contribution in [0.2, 0.25) is 0 Å². The molecule has 0 bridgehead atoms. The first-order valence-corrected chi connectivity index (χ1v) is 6.12. The van der Waals surface area contributed by atoms with Crippen molar-refractivity contribution in [2.45, 2.75) is 51.3 Å². The Bertz CT molecular complexity index is 145. The van der Waals surface area contributed by atoms with Crippen molar-refractivity contribution in [2.24, 2.45) is 5.73 Å². The number of hydrogen-bond acceptors (Lipinski definition) is 2. The molecule has 0 aliphatic rings. The highest BCUT2D eigenvalue weighted by Crippen LogP contribution is 2.16. The number of nitrogens with two attached hydrogens (primary N) is 1. The van der Waals surface area contributed by atoms with Crippen LogP contribution in [0.3, 0.4) is 0 Å². The Hall–Kier alpha value is 0.0500. The summed E-state index contributed by atoms with van der Waals surface area (Å²) in [5.74, 6) is 1.09. The lowest BCUT2D eigenvalue weighted by Gasteiger charge is -2.13. The molecule has 0 aromatic rings. The lowest BCUT2D eigenvalue weighted by molar-refractivity contribution is 0.670. The zero-order chi connectivity index (χ0) is 10.3. The smallest absolute Gasteiger partial charge is 0.0133 e. The standard InChI is InChI=1S/C11H23NS/c1-5-10(4)13-8-11(12)7-6-9(2)3/h10-11H,2,5-8,12H2,1,3-4H3. The van der Waals surface area contributed by atoms with Gasteiger partial charge in [-0.15, -0.1) is 6.58 Å². The van der Waals surface area contributed by atoms with Crippen molar-refractivity contribution in [3.8, 4) is 0 Å². The molecule has 0 heterocycles. The van der Waals surface area contributed by atoms with E-state index in [1.54, 1.807) is 0 Å². The molecule has 78 valence electrons. The Kier molecular flexibility index (Phi) is 7.48. The number of allylic oxidation sites excluding steroid dienone is 1. The molecule has 0 saturated carbocycles. The Morgan fingerprint density at radius 1 is 1.54 bits per heavy atom. The number of hydrogen-bond donors (Lipinski definition) is 1. The molecular weight excluding hydrogens is 178 g/mol. The van der Waals surface area contributed by atoms with E-state index in [-0.39, 0.29) is 0 Å². The maximum absolute atomic E-state index is 5.96. The van der Waals surface area contributed by atoms with Crippen LogP contribution in [-0.4, -0.2) is 17.0 Å². The molecule has 0 saturated heterocycles. The van der Waals surface area contributed by atoms with Gasteiger partial charge in [-0.3, -0.25) is 0 Å². The van der Waals surface area contributed by atoms with Gasteiger partial charge in [0.25, 0.3) is 0 Å². The summed E-state index contributed by atoms with van der Waals surface area (Å²) in [6, 6.07) is 0.343. The van der Waals surface area contributed by atoms with Gasteiger partial charge in [-0.2, -0.15) is 11.8 Å². The molecule has 13 heavy (non-hydrogen) atoms. The quantitative estimate of drug-likeness (QED) is 0.640. The second-order valence-corrected chi connectivity index (χ2v) is 5.28. The van der Waals surface area contributed by atoms with Gasteiger partial charge >= 0.3 is 0 Å². The fourth-order valence-corrected chi connectivity index (χ4v) is 1.90. The minimum Gasteiger partial charge on any atom is -0.327 e. The van der Waals surface area contributed by atoms with Crippen LogP contribution in [0.4, 0.5) is 0 Å². The predicted molar refractivity (Wildman–Crippen MR) is 64.2 cm³/mol. The summed E-state index contributed by atoms with van der Waals surface area (Å²) in [7, 11) is 0. The Labute approximate surface area is 87.2 Å². The van der Waals surface area contributed by atoms with Crippen molar-refractivity contribution >= 4 is 11.8 Å². The molecule has 0 aliphatic heterocycles. The molecule has 2 N–H and O–H groups in total. The van der Waals surface area contributed by atoms with Gasteiger partial charge < -0.3 is 5.73 Å². The van der Waals surface area contributed by atoms with E-state index in [1.807, 2.05) is 11.8 Å². The second kappa shape index (κ2) is 7.45. The highest BCUT2D eigenvalue weighted by Gasteiger charge is 2.05. The second-order valence-electron chi connectivity index (χ2n) is 3.81. The molecule has 0 rings (SSSR count). The molecular formula is C11H23NS. The van der Waals surface area contributed by atoms with Gasteiger partial charge in [0, 0.05) is 17.0 Å². The van der Waals surface area contributed by atoms with Crippen LogP contribution in [-0.2, 0) is 0 Å². The van der Waals surface area contributed by atoms with Gasteiger partial charge in [-0.25, -0.2) is 0 Å². The summed E-state index contributed by atoms with van der Waals surface area (Å²) in [6.45, 7) is 10.4. The third-order valence-corrected chi connectivity index (χ3v) is 3.63. The summed E-state index contributed by atoms with van der Waals surface area (Å²) >= 11 is 1.98. The highest BCUT2D eigenvalue weighted by molar-refractivity contribution is 7.99. The van der Waals surface area contributed by atoms with Gasteiger partial charge in [-0.1, -0.05) is 19.4 Å². The summed E-state index contributed by atoms with van der Waals surface area (Å²) in [5.41, 5.74) is 7.20. The first-order valence-electron chi connectivity index (χ1n) is 5.07. The molecule has 2 unspecified atom stereocenters. The largest absolute Gasteiger partial charge is 0.327 e. The van der Waals surface area contributed by atoms with Gasteiger partial charge in [0.1, 0.15) is 0 Å². The maximum atomic E-state index is 5.96. The summed E-state index contributed by atoms with van der Waals surface area (Å²) in [4.78, 5) is 0. The molecule has 0 radical (unpaired) electrons. The van der Waals surface area contributed by atoms with Crippen molar-refractivity contribution in [3.05, 3.63) is 12.2 Å². The van der Waals surface area contributed by atoms with Crippen molar-refractivity contribution in [1.29, 1.82) is 0 Å². The Morgan fingerprint density at radius 3 is 2.62 bits per heavy atom. The molecule has 2 atom stereocenters. The number of thioether (sulfide) groups is 1. The fourth-order valence-electron chi connectivity index (χ4n) is 0.921. The first kappa shape index (κ1) is 13.1. The average Bonchev–Trinajstić information content (AvgIpc) is 2.10. The van der Waals surface area contributed by atoms with Crippen molar-refractivity contribution in [2.75, 3.05) is 5.75 Å². The van der Waals surface area contributed by atoms with Gasteiger partial charge in [0.05, 0.1) is 0 Å². The molecule has 0 aromatic carbocycles. The fraction of sp³-hybridized carbons (Fsp3) is 0.818. The van der Waals surface area contributed by atoms with E-state index in [1.165, 1.54) is 12.0 Å². The normalized spacial score (nSPS) is 15.4. The number of rotatable bonds is 7. The Balaban J connectivity index is 3.39. The van der Waals surface area contributed by atoms with E-state index in [9.17, 15) is 0 Å². The third-order valence-electron chi connectivity index (χ3n) is 2.11. The van der Waals surface area contributed by atoms with Crippen LogP contribution in [0.15, 0.2) is 12.2 Å². The molecule has 2 heteroatoms. The van der Waals surface area contributed by atoms with E-state index in [0.29, 0.717) is 6.04 Å². The van der Waals surface area contributed by atoms with Crippen LogP contribution >= 0.6 is 11.8 Å². The van der Waals surface area contributed by atoms with Gasteiger partial charge in [-0.05, 0) is 26.2 Å². The van der Waals surface area contributed by atoms with Crippen LogP contribution in [0.1, 0.15) is 40.0 Å². The monoisotopic (exact) mass is 201 g/mol. The zero-order valence-electron chi connectivity index (χ0n) is 9.18. The van der Waals surface area contributed by atoms with Gasteiger partial charge in [0.2, 0.25) is 0 Å². The molecule has 0 spiro atoms. The molecule has 0 amide bonds. The van der Waals surface area contributed by atoms with Crippen molar-refractivity contribution in [3.63, 3.8) is 0 Å². The summed E-state index contributed by atoms with van der Waals surface area (Å²) in [5, 5.41) is 0.746. The minimum absolute atomic E-state index is 0.343. The summed E-state index contributed by atoms with van der Waals surface area (Å²) in [6.07, 6.45) is 3.39. The molecule has 0 aromatic heterocycles. The van der Waals surface area contributed by atoms with Crippen LogP contribution < -0.4 is 5.73 Å². The van der Waals surface area contributed by atoms with E-state index in [4.69, 9.17) is 5.73 Å². The minimum atomic E-state index is 0.343. The van der Waals surface area contributed by atoms with E-state index >= 15 is 0 Å². The topological polar surface area (TPSA) is 26.0 Å². The lowest BCUT2D eigenvalue weighted by atomic mass is 10.1.